The molecule has 1 aliphatic heterocycles. The average molecular weight is 286 g/mol. The van der Waals surface area contributed by atoms with Crippen molar-refractivity contribution < 1.29 is 9.32 Å². The maximum atomic E-state index is 12.4. The first-order chi connectivity index (χ1) is 10.1. The highest BCUT2D eigenvalue weighted by molar-refractivity contribution is 5.94. The van der Waals surface area contributed by atoms with E-state index in [0.717, 1.165) is 31.7 Å². The summed E-state index contributed by atoms with van der Waals surface area (Å²) in [5.74, 6) is 1.16. The van der Waals surface area contributed by atoms with Gasteiger partial charge in [0.05, 0.1) is 0 Å². The lowest BCUT2D eigenvalue weighted by Crippen LogP contribution is -2.47. The predicted molar refractivity (Wildman–Crippen MR) is 77.9 cm³/mol. The number of likely N-dealkylation sites (N-methyl/N-ethyl adjacent to an activating group) is 1. The third kappa shape index (κ3) is 2.95. The zero-order valence-corrected chi connectivity index (χ0v) is 12.2. The lowest BCUT2D eigenvalue weighted by molar-refractivity contribution is 0.0664. The number of piperazine rings is 1. The third-order valence-corrected chi connectivity index (χ3v) is 3.71. The zero-order chi connectivity index (χ0) is 14.8. The highest BCUT2D eigenvalue weighted by Crippen LogP contribution is 2.17. The number of amides is 1. The lowest BCUT2D eigenvalue weighted by atomic mass is 10.1. The average Bonchev–Trinajstić information content (AvgIpc) is 2.94. The minimum absolute atomic E-state index is 0.0824. The quantitative estimate of drug-likeness (QED) is 0.836. The molecule has 0 atom stereocenters. The lowest BCUT2D eigenvalue weighted by Gasteiger charge is -2.32. The van der Waals surface area contributed by atoms with Crippen LogP contribution in [0.15, 0.2) is 28.8 Å². The van der Waals surface area contributed by atoms with Gasteiger partial charge in [0, 0.05) is 44.2 Å². The summed E-state index contributed by atoms with van der Waals surface area (Å²) in [5.41, 5.74) is 1.55. The molecule has 1 amide bonds. The maximum absolute atomic E-state index is 12.4. The Morgan fingerprint density at radius 1 is 1.14 bits per heavy atom. The summed E-state index contributed by atoms with van der Waals surface area (Å²) < 4.78 is 4.96. The van der Waals surface area contributed by atoms with E-state index in [2.05, 4.69) is 22.1 Å². The molecule has 0 spiro atoms. The van der Waals surface area contributed by atoms with Crippen LogP contribution in [0.3, 0.4) is 0 Å². The molecular formula is C15H18N4O2. The topological polar surface area (TPSA) is 62.5 Å². The standard InChI is InChI=1S/C15H18N4O2/c1-11-16-14(17-21-11)12-3-5-13(6-4-12)15(20)19-9-7-18(2)8-10-19/h3-6H,7-10H2,1-2H3. The van der Waals surface area contributed by atoms with E-state index in [1.807, 2.05) is 29.2 Å². The Hall–Kier alpha value is -2.21. The second kappa shape index (κ2) is 5.65. The number of nitrogens with zero attached hydrogens (tertiary/aromatic N) is 4. The van der Waals surface area contributed by atoms with E-state index in [1.165, 1.54) is 0 Å². The van der Waals surface area contributed by atoms with Crippen molar-refractivity contribution >= 4 is 5.91 Å². The van der Waals surface area contributed by atoms with Gasteiger partial charge in [0.25, 0.3) is 5.91 Å². The molecule has 1 aliphatic rings. The van der Waals surface area contributed by atoms with Gasteiger partial charge in [0.15, 0.2) is 0 Å². The van der Waals surface area contributed by atoms with Crippen LogP contribution in [-0.2, 0) is 0 Å². The predicted octanol–water partition coefficient (Wildman–Crippen LogP) is 1.43. The minimum Gasteiger partial charge on any atom is -0.339 e. The van der Waals surface area contributed by atoms with E-state index >= 15 is 0 Å². The normalized spacial score (nSPS) is 16.2. The highest BCUT2D eigenvalue weighted by Gasteiger charge is 2.20. The molecule has 0 radical (unpaired) electrons. The van der Waals surface area contributed by atoms with E-state index in [1.54, 1.807) is 6.92 Å². The van der Waals surface area contributed by atoms with Crippen LogP contribution in [0.25, 0.3) is 11.4 Å². The molecule has 1 aromatic heterocycles. The number of carbonyl (C=O) groups is 1. The van der Waals surface area contributed by atoms with Gasteiger partial charge in [-0.3, -0.25) is 4.79 Å². The number of aryl methyl sites for hydroxylation is 1. The monoisotopic (exact) mass is 286 g/mol. The molecule has 2 aromatic rings. The van der Waals surface area contributed by atoms with Gasteiger partial charge < -0.3 is 14.3 Å². The van der Waals surface area contributed by atoms with E-state index in [9.17, 15) is 4.79 Å². The van der Waals surface area contributed by atoms with Crippen LogP contribution in [0.4, 0.5) is 0 Å². The molecule has 1 aromatic carbocycles. The molecule has 0 unspecified atom stereocenters. The van der Waals surface area contributed by atoms with Gasteiger partial charge in [-0.15, -0.1) is 0 Å². The number of carbonyl (C=O) groups excluding carboxylic acids is 1. The molecule has 0 saturated carbocycles. The van der Waals surface area contributed by atoms with Crippen LogP contribution < -0.4 is 0 Å². The summed E-state index contributed by atoms with van der Waals surface area (Å²) in [6, 6.07) is 7.35. The van der Waals surface area contributed by atoms with Gasteiger partial charge >= 0.3 is 0 Å². The SMILES string of the molecule is Cc1nc(-c2ccc(C(=O)N3CCN(C)CC3)cc2)no1. The van der Waals surface area contributed by atoms with Crippen LogP contribution in [0.5, 0.6) is 0 Å². The zero-order valence-electron chi connectivity index (χ0n) is 12.2. The molecule has 110 valence electrons. The van der Waals surface area contributed by atoms with E-state index in [-0.39, 0.29) is 5.91 Å². The Bertz CT molecular complexity index is 627. The van der Waals surface area contributed by atoms with Crippen molar-refractivity contribution in [3.05, 3.63) is 35.7 Å². The smallest absolute Gasteiger partial charge is 0.253 e. The van der Waals surface area contributed by atoms with E-state index in [4.69, 9.17) is 4.52 Å². The van der Waals surface area contributed by atoms with Crippen molar-refractivity contribution in [3.8, 4) is 11.4 Å². The van der Waals surface area contributed by atoms with Crippen molar-refractivity contribution in [2.45, 2.75) is 6.92 Å². The van der Waals surface area contributed by atoms with E-state index in [0.29, 0.717) is 17.3 Å². The second-order valence-corrected chi connectivity index (χ2v) is 5.31. The van der Waals surface area contributed by atoms with Gasteiger partial charge in [-0.25, -0.2) is 0 Å². The Morgan fingerprint density at radius 3 is 2.38 bits per heavy atom. The molecule has 21 heavy (non-hydrogen) atoms. The molecule has 1 fully saturated rings. The minimum atomic E-state index is 0.0824. The first kappa shape index (κ1) is 13.8. The van der Waals surface area contributed by atoms with Gasteiger partial charge in [-0.1, -0.05) is 17.3 Å². The summed E-state index contributed by atoms with van der Waals surface area (Å²) in [5, 5.41) is 3.87. The number of aromatic nitrogens is 2. The number of hydrogen-bond acceptors (Lipinski definition) is 5. The van der Waals surface area contributed by atoms with Crippen molar-refractivity contribution in [1.29, 1.82) is 0 Å². The Balaban J connectivity index is 1.73. The molecule has 0 aliphatic carbocycles. The van der Waals surface area contributed by atoms with E-state index < -0.39 is 0 Å². The molecule has 3 rings (SSSR count). The molecule has 1 saturated heterocycles. The largest absolute Gasteiger partial charge is 0.339 e. The molecule has 0 N–H and O–H groups in total. The second-order valence-electron chi connectivity index (χ2n) is 5.31. The number of rotatable bonds is 2. The first-order valence-electron chi connectivity index (χ1n) is 7.02. The van der Waals surface area contributed by atoms with Crippen LogP contribution in [0, 0.1) is 6.92 Å². The Morgan fingerprint density at radius 2 is 1.81 bits per heavy atom. The fourth-order valence-corrected chi connectivity index (χ4v) is 2.37. The van der Waals surface area contributed by atoms with Crippen molar-refractivity contribution in [2.24, 2.45) is 0 Å². The highest BCUT2D eigenvalue weighted by atomic mass is 16.5. The summed E-state index contributed by atoms with van der Waals surface area (Å²) in [6.07, 6.45) is 0. The maximum Gasteiger partial charge on any atom is 0.253 e. The fraction of sp³-hybridized carbons (Fsp3) is 0.400. The van der Waals surface area contributed by atoms with Crippen molar-refractivity contribution in [3.63, 3.8) is 0 Å². The van der Waals surface area contributed by atoms with Gasteiger partial charge in [-0.2, -0.15) is 4.98 Å². The van der Waals surface area contributed by atoms with Gasteiger partial charge in [0.1, 0.15) is 0 Å². The third-order valence-electron chi connectivity index (χ3n) is 3.71. The van der Waals surface area contributed by atoms with Crippen LogP contribution in [-0.4, -0.2) is 59.1 Å². The number of benzene rings is 1. The molecule has 0 bridgehead atoms. The molecular weight excluding hydrogens is 268 g/mol. The summed E-state index contributed by atoms with van der Waals surface area (Å²) >= 11 is 0. The van der Waals surface area contributed by atoms with Crippen LogP contribution in [0.1, 0.15) is 16.2 Å². The van der Waals surface area contributed by atoms with Crippen molar-refractivity contribution in [2.75, 3.05) is 33.2 Å². The molecule has 6 nitrogen and oxygen atoms in total. The van der Waals surface area contributed by atoms with Gasteiger partial charge in [0.2, 0.25) is 11.7 Å². The Kier molecular flexibility index (Phi) is 3.70. The molecule has 2 heterocycles. The van der Waals surface area contributed by atoms with Crippen molar-refractivity contribution in [1.82, 2.24) is 19.9 Å². The van der Waals surface area contributed by atoms with Crippen LogP contribution >= 0.6 is 0 Å². The first-order valence-corrected chi connectivity index (χ1v) is 7.02. The number of hydrogen-bond donors (Lipinski definition) is 0. The van der Waals surface area contributed by atoms with Crippen LogP contribution in [0.2, 0.25) is 0 Å². The fourth-order valence-electron chi connectivity index (χ4n) is 2.37. The molecule has 6 heteroatoms. The Labute approximate surface area is 123 Å². The summed E-state index contributed by atoms with van der Waals surface area (Å²) in [6.45, 7) is 5.15. The summed E-state index contributed by atoms with van der Waals surface area (Å²) in [4.78, 5) is 20.7. The summed E-state index contributed by atoms with van der Waals surface area (Å²) in [7, 11) is 2.07. The van der Waals surface area contributed by atoms with Gasteiger partial charge in [-0.05, 0) is 19.2 Å².